The molecule has 2 aliphatic rings. The quantitative estimate of drug-likeness (QED) is 0.812. The predicted molar refractivity (Wildman–Crippen MR) is 110 cm³/mol. The molecule has 7 heteroatoms. The standard InChI is InChI=1S/C21H26N4O2S/c26-20(18-7-2-8-22-18)23-11-15-4-3-9-25(12-15)21(27)17-6-1-5-16(10-17)19-13-28-14-24-19/h1,5-6,10,13-15,18,22H,2-4,7-9,11-12H2,(H,23,26). The molecule has 6 nitrogen and oxygen atoms in total. The van der Waals surface area contributed by atoms with Crippen molar-refractivity contribution >= 4 is 23.2 Å². The lowest BCUT2D eigenvalue weighted by Crippen LogP contribution is -2.46. The molecular weight excluding hydrogens is 372 g/mol. The summed E-state index contributed by atoms with van der Waals surface area (Å²) < 4.78 is 0. The van der Waals surface area contributed by atoms with Gasteiger partial charge in [-0.15, -0.1) is 11.3 Å². The third-order valence-corrected chi connectivity index (χ3v) is 6.17. The van der Waals surface area contributed by atoms with Crippen molar-refractivity contribution in [1.82, 2.24) is 20.5 Å². The second kappa shape index (κ2) is 8.84. The Labute approximate surface area is 169 Å². The summed E-state index contributed by atoms with van der Waals surface area (Å²) in [6.45, 7) is 3.02. The molecule has 148 valence electrons. The van der Waals surface area contributed by atoms with Crippen molar-refractivity contribution in [2.24, 2.45) is 5.92 Å². The zero-order valence-corrected chi connectivity index (χ0v) is 16.7. The molecule has 2 fully saturated rings. The molecule has 2 saturated heterocycles. The molecule has 0 spiro atoms. The summed E-state index contributed by atoms with van der Waals surface area (Å²) in [6.07, 6.45) is 3.99. The van der Waals surface area contributed by atoms with Crippen molar-refractivity contribution in [3.63, 3.8) is 0 Å². The van der Waals surface area contributed by atoms with Gasteiger partial charge in [0.05, 0.1) is 17.2 Å². The number of carbonyl (C=O) groups is 2. The Bertz CT molecular complexity index is 818. The van der Waals surface area contributed by atoms with Crippen LogP contribution in [0.1, 0.15) is 36.0 Å². The molecule has 2 N–H and O–H groups in total. The smallest absolute Gasteiger partial charge is 0.253 e. The van der Waals surface area contributed by atoms with Crippen LogP contribution in [0, 0.1) is 5.92 Å². The zero-order valence-electron chi connectivity index (χ0n) is 15.9. The van der Waals surface area contributed by atoms with Crippen LogP contribution >= 0.6 is 11.3 Å². The van der Waals surface area contributed by atoms with E-state index >= 15 is 0 Å². The topological polar surface area (TPSA) is 74.3 Å². The van der Waals surface area contributed by atoms with Crippen LogP contribution in [0.2, 0.25) is 0 Å². The molecule has 2 aliphatic heterocycles. The average molecular weight is 399 g/mol. The third kappa shape index (κ3) is 4.42. The van der Waals surface area contributed by atoms with E-state index in [0.29, 0.717) is 24.6 Å². The molecule has 1 aromatic carbocycles. The second-order valence-electron chi connectivity index (χ2n) is 7.61. The number of hydrogen-bond acceptors (Lipinski definition) is 5. The minimum Gasteiger partial charge on any atom is -0.354 e. The van der Waals surface area contributed by atoms with Gasteiger partial charge in [-0.05, 0) is 50.3 Å². The molecule has 3 heterocycles. The molecule has 0 radical (unpaired) electrons. The highest BCUT2D eigenvalue weighted by Gasteiger charge is 2.27. The van der Waals surface area contributed by atoms with Crippen LogP contribution < -0.4 is 10.6 Å². The summed E-state index contributed by atoms with van der Waals surface area (Å²) in [6, 6.07) is 7.65. The number of hydrogen-bond donors (Lipinski definition) is 2. The largest absolute Gasteiger partial charge is 0.354 e. The van der Waals surface area contributed by atoms with Crippen LogP contribution in [0.4, 0.5) is 0 Å². The van der Waals surface area contributed by atoms with Gasteiger partial charge in [-0.2, -0.15) is 0 Å². The van der Waals surface area contributed by atoms with Crippen LogP contribution in [-0.4, -0.2) is 53.9 Å². The normalized spacial score (nSPS) is 22.2. The van der Waals surface area contributed by atoms with Gasteiger partial charge in [0.25, 0.3) is 5.91 Å². The van der Waals surface area contributed by atoms with E-state index in [0.717, 1.165) is 50.0 Å². The Balaban J connectivity index is 1.35. The number of nitrogens with zero attached hydrogens (tertiary/aromatic N) is 2. The summed E-state index contributed by atoms with van der Waals surface area (Å²) in [7, 11) is 0. The molecule has 0 saturated carbocycles. The fraction of sp³-hybridized carbons (Fsp3) is 0.476. The molecular formula is C21H26N4O2S. The maximum atomic E-state index is 13.0. The first-order chi connectivity index (χ1) is 13.7. The number of carbonyl (C=O) groups excluding carboxylic acids is 2. The number of benzene rings is 1. The first-order valence-electron chi connectivity index (χ1n) is 10.00. The van der Waals surface area contributed by atoms with E-state index in [1.54, 1.807) is 16.8 Å². The van der Waals surface area contributed by atoms with Crippen molar-refractivity contribution < 1.29 is 9.59 Å². The molecule has 0 bridgehead atoms. The number of nitrogens with one attached hydrogen (secondary N) is 2. The van der Waals surface area contributed by atoms with Gasteiger partial charge in [0.2, 0.25) is 5.91 Å². The number of rotatable bonds is 5. The van der Waals surface area contributed by atoms with Crippen LogP contribution in [0.3, 0.4) is 0 Å². The van der Waals surface area contributed by atoms with Crippen LogP contribution in [0.5, 0.6) is 0 Å². The van der Waals surface area contributed by atoms with Gasteiger partial charge < -0.3 is 15.5 Å². The van der Waals surface area contributed by atoms with E-state index in [2.05, 4.69) is 15.6 Å². The molecule has 2 atom stereocenters. The molecule has 28 heavy (non-hydrogen) atoms. The molecule has 2 unspecified atom stereocenters. The van der Waals surface area contributed by atoms with Crippen molar-refractivity contribution in [3.05, 3.63) is 40.7 Å². The first kappa shape index (κ1) is 19.1. The summed E-state index contributed by atoms with van der Waals surface area (Å²) in [5.41, 5.74) is 4.37. The van der Waals surface area contributed by atoms with E-state index in [1.165, 1.54) is 0 Å². The van der Waals surface area contributed by atoms with Crippen molar-refractivity contribution in [2.75, 3.05) is 26.2 Å². The van der Waals surface area contributed by atoms with E-state index in [9.17, 15) is 9.59 Å². The summed E-state index contributed by atoms with van der Waals surface area (Å²) in [5, 5.41) is 8.29. The van der Waals surface area contributed by atoms with Crippen LogP contribution in [0.15, 0.2) is 35.2 Å². The minimum absolute atomic E-state index is 0.0465. The van der Waals surface area contributed by atoms with Crippen LogP contribution in [-0.2, 0) is 4.79 Å². The van der Waals surface area contributed by atoms with E-state index in [1.807, 2.05) is 34.5 Å². The van der Waals surface area contributed by atoms with Crippen molar-refractivity contribution in [3.8, 4) is 11.3 Å². The van der Waals surface area contributed by atoms with E-state index < -0.39 is 0 Å². The zero-order chi connectivity index (χ0) is 19.3. The van der Waals surface area contributed by atoms with Gasteiger partial charge in [0.1, 0.15) is 0 Å². The Kier molecular flexibility index (Phi) is 6.02. The molecule has 1 aromatic heterocycles. The van der Waals surface area contributed by atoms with Crippen molar-refractivity contribution in [2.45, 2.75) is 31.7 Å². The van der Waals surface area contributed by atoms with Gasteiger partial charge >= 0.3 is 0 Å². The lowest BCUT2D eigenvalue weighted by atomic mass is 9.96. The van der Waals surface area contributed by atoms with E-state index in [-0.39, 0.29) is 17.9 Å². The van der Waals surface area contributed by atoms with E-state index in [4.69, 9.17) is 0 Å². The van der Waals surface area contributed by atoms with Gasteiger partial charge in [-0.1, -0.05) is 12.1 Å². The monoisotopic (exact) mass is 398 g/mol. The van der Waals surface area contributed by atoms with Gasteiger partial charge in [0.15, 0.2) is 0 Å². The average Bonchev–Trinajstić information content (AvgIpc) is 3.46. The highest BCUT2D eigenvalue weighted by atomic mass is 32.1. The van der Waals surface area contributed by atoms with Gasteiger partial charge in [0, 0.05) is 36.1 Å². The first-order valence-corrected chi connectivity index (χ1v) is 10.9. The maximum Gasteiger partial charge on any atom is 0.253 e. The van der Waals surface area contributed by atoms with Crippen LogP contribution in [0.25, 0.3) is 11.3 Å². The third-order valence-electron chi connectivity index (χ3n) is 5.59. The number of amides is 2. The number of piperidine rings is 1. The fourth-order valence-electron chi connectivity index (χ4n) is 4.04. The van der Waals surface area contributed by atoms with Gasteiger partial charge in [-0.3, -0.25) is 9.59 Å². The molecule has 4 rings (SSSR count). The SMILES string of the molecule is O=C(NCC1CCCN(C(=O)c2cccc(-c3cscn3)c2)C1)C1CCCN1. The summed E-state index contributed by atoms with van der Waals surface area (Å²) >= 11 is 1.55. The Hall–Kier alpha value is -2.25. The highest BCUT2D eigenvalue weighted by molar-refractivity contribution is 7.07. The maximum absolute atomic E-state index is 13.0. The second-order valence-corrected chi connectivity index (χ2v) is 8.33. The highest BCUT2D eigenvalue weighted by Crippen LogP contribution is 2.23. The number of likely N-dealkylation sites (tertiary alicyclic amines) is 1. The van der Waals surface area contributed by atoms with Crippen molar-refractivity contribution in [1.29, 1.82) is 0 Å². The number of thiazole rings is 1. The predicted octanol–water partition coefficient (Wildman–Crippen LogP) is 2.53. The Morgan fingerprint density at radius 1 is 1.29 bits per heavy atom. The Morgan fingerprint density at radius 2 is 2.21 bits per heavy atom. The Morgan fingerprint density at radius 3 is 3.00 bits per heavy atom. The molecule has 2 amide bonds. The molecule has 2 aromatic rings. The fourth-order valence-corrected chi connectivity index (χ4v) is 4.60. The van der Waals surface area contributed by atoms with Gasteiger partial charge in [-0.25, -0.2) is 4.98 Å². The minimum atomic E-state index is -0.0465. The molecule has 0 aliphatic carbocycles. The summed E-state index contributed by atoms with van der Waals surface area (Å²) in [4.78, 5) is 31.5. The number of aromatic nitrogens is 1. The lowest BCUT2D eigenvalue weighted by molar-refractivity contribution is -0.123. The summed E-state index contributed by atoms with van der Waals surface area (Å²) in [5.74, 6) is 0.465. The lowest BCUT2D eigenvalue weighted by Gasteiger charge is -2.33.